The average molecular weight is 365 g/mol. The van der Waals surface area contributed by atoms with Gasteiger partial charge in [0.05, 0.1) is 0 Å². The highest BCUT2D eigenvalue weighted by Gasteiger charge is 2.08. The molecule has 0 bridgehead atoms. The lowest BCUT2D eigenvalue weighted by Gasteiger charge is -2.18. The van der Waals surface area contributed by atoms with Crippen molar-refractivity contribution in [3.8, 4) is 0 Å². The molecule has 0 aromatic heterocycles. The van der Waals surface area contributed by atoms with E-state index in [-0.39, 0.29) is 11.8 Å². The van der Waals surface area contributed by atoms with Crippen molar-refractivity contribution in [3.63, 3.8) is 0 Å². The van der Waals surface area contributed by atoms with Crippen LogP contribution in [0.3, 0.4) is 0 Å². The summed E-state index contributed by atoms with van der Waals surface area (Å²) in [6.45, 7) is 1.02. The molecule has 1 N–H and O–H groups in total. The SMILES string of the molecule is CN(Cc1ccc(Br)cc1)C(=O)NCCc1cccc(F)c1. The minimum absolute atomic E-state index is 0.140. The number of urea groups is 1. The first kappa shape index (κ1) is 16.5. The molecule has 0 fully saturated rings. The first-order valence-electron chi connectivity index (χ1n) is 7.02. The molecule has 0 saturated carbocycles. The molecule has 0 aliphatic carbocycles. The van der Waals surface area contributed by atoms with E-state index < -0.39 is 0 Å². The maximum Gasteiger partial charge on any atom is 0.317 e. The van der Waals surface area contributed by atoms with Gasteiger partial charge in [0, 0.05) is 24.6 Å². The first-order chi connectivity index (χ1) is 10.5. The van der Waals surface area contributed by atoms with Gasteiger partial charge in [-0.05, 0) is 41.8 Å². The summed E-state index contributed by atoms with van der Waals surface area (Å²) >= 11 is 3.38. The van der Waals surface area contributed by atoms with Gasteiger partial charge in [0.25, 0.3) is 0 Å². The van der Waals surface area contributed by atoms with Crippen molar-refractivity contribution in [2.45, 2.75) is 13.0 Å². The third-order valence-corrected chi connectivity index (χ3v) is 3.79. The Morgan fingerprint density at radius 2 is 1.91 bits per heavy atom. The van der Waals surface area contributed by atoms with Crippen LogP contribution >= 0.6 is 15.9 Å². The lowest BCUT2D eigenvalue weighted by Crippen LogP contribution is -2.37. The Balaban J connectivity index is 1.77. The second-order valence-corrected chi connectivity index (χ2v) is 6.01. The Hall–Kier alpha value is -1.88. The monoisotopic (exact) mass is 364 g/mol. The van der Waals surface area contributed by atoms with E-state index >= 15 is 0 Å². The number of nitrogens with one attached hydrogen (secondary N) is 1. The molecule has 0 radical (unpaired) electrons. The summed E-state index contributed by atoms with van der Waals surface area (Å²) in [6, 6.07) is 14.1. The second-order valence-electron chi connectivity index (χ2n) is 5.09. The lowest BCUT2D eigenvalue weighted by molar-refractivity contribution is 0.207. The van der Waals surface area contributed by atoms with Gasteiger partial charge in [0.2, 0.25) is 0 Å². The summed E-state index contributed by atoms with van der Waals surface area (Å²) in [5.41, 5.74) is 1.93. The zero-order valence-electron chi connectivity index (χ0n) is 12.4. The number of nitrogens with zero attached hydrogens (tertiary/aromatic N) is 1. The van der Waals surface area contributed by atoms with Gasteiger partial charge in [-0.25, -0.2) is 9.18 Å². The Kier molecular flexibility index (Phi) is 5.95. The normalized spacial score (nSPS) is 10.3. The summed E-state index contributed by atoms with van der Waals surface area (Å²) in [5, 5.41) is 2.84. The van der Waals surface area contributed by atoms with Crippen LogP contribution in [0.25, 0.3) is 0 Å². The Morgan fingerprint density at radius 3 is 2.59 bits per heavy atom. The van der Waals surface area contributed by atoms with Crippen molar-refractivity contribution >= 4 is 22.0 Å². The zero-order valence-corrected chi connectivity index (χ0v) is 13.9. The maximum absolute atomic E-state index is 13.1. The predicted octanol–water partition coefficient (Wildman–Crippen LogP) is 3.97. The lowest BCUT2D eigenvalue weighted by atomic mass is 10.1. The highest BCUT2D eigenvalue weighted by atomic mass is 79.9. The fourth-order valence-electron chi connectivity index (χ4n) is 2.08. The van der Waals surface area contributed by atoms with Gasteiger partial charge in [0.15, 0.2) is 0 Å². The van der Waals surface area contributed by atoms with Crippen molar-refractivity contribution < 1.29 is 9.18 Å². The van der Waals surface area contributed by atoms with Crippen LogP contribution in [-0.4, -0.2) is 24.5 Å². The molecular formula is C17H18BrFN2O. The molecule has 0 heterocycles. The van der Waals surface area contributed by atoms with Crippen LogP contribution in [0.5, 0.6) is 0 Å². The molecule has 0 saturated heterocycles. The highest BCUT2D eigenvalue weighted by Crippen LogP contribution is 2.11. The molecule has 0 atom stereocenters. The molecule has 2 aromatic rings. The second kappa shape index (κ2) is 7.94. The molecule has 0 unspecified atom stereocenters. The van der Waals surface area contributed by atoms with Crippen LogP contribution in [0.4, 0.5) is 9.18 Å². The van der Waals surface area contributed by atoms with Crippen LogP contribution in [0.15, 0.2) is 53.0 Å². The molecule has 0 aliphatic heterocycles. The fraction of sp³-hybridized carbons (Fsp3) is 0.235. The molecule has 2 amide bonds. The topological polar surface area (TPSA) is 32.3 Å². The van der Waals surface area contributed by atoms with E-state index in [0.717, 1.165) is 15.6 Å². The largest absolute Gasteiger partial charge is 0.338 e. The molecule has 2 rings (SSSR count). The molecule has 22 heavy (non-hydrogen) atoms. The first-order valence-corrected chi connectivity index (χ1v) is 7.82. The van der Waals surface area contributed by atoms with Gasteiger partial charge < -0.3 is 10.2 Å². The third kappa shape index (κ3) is 5.15. The van der Waals surface area contributed by atoms with Gasteiger partial charge in [0.1, 0.15) is 5.82 Å². The van der Waals surface area contributed by atoms with E-state index in [4.69, 9.17) is 0 Å². The molecule has 3 nitrogen and oxygen atoms in total. The Morgan fingerprint density at radius 1 is 1.18 bits per heavy atom. The standard InChI is InChI=1S/C17H18BrFN2O/c1-21(12-14-5-7-15(18)8-6-14)17(22)20-10-9-13-3-2-4-16(19)11-13/h2-8,11H,9-10,12H2,1H3,(H,20,22). The number of hydrogen-bond donors (Lipinski definition) is 1. The summed E-state index contributed by atoms with van der Waals surface area (Å²) in [6.07, 6.45) is 0.607. The van der Waals surface area contributed by atoms with E-state index in [1.165, 1.54) is 12.1 Å². The number of amides is 2. The van der Waals surface area contributed by atoms with E-state index in [0.29, 0.717) is 19.5 Å². The molecule has 2 aromatic carbocycles. The van der Waals surface area contributed by atoms with Gasteiger partial charge in [-0.2, -0.15) is 0 Å². The van der Waals surface area contributed by atoms with Gasteiger partial charge >= 0.3 is 6.03 Å². The summed E-state index contributed by atoms with van der Waals surface area (Å²) < 4.78 is 14.1. The van der Waals surface area contributed by atoms with Gasteiger partial charge in [-0.3, -0.25) is 0 Å². The summed E-state index contributed by atoms with van der Waals surface area (Å²) in [4.78, 5) is 13.6. The smallest absolute Gasteiger partial charge is 0.317 e. The van der Waals surface area contributed by atoms with Crippen LogP contribution in [-0.2, 0) is 13.0 Å². The number of rotatable bonds is 5. The third-order valence-electron chi connectivity index (χ3n) is 3.26. The summed E-state index contributed by atoms with van der Waals surface area (Å²) in [5.74, 6) is -0.254. The maximum atomic E-state index is 13.1. The minimum atomic E-state index is -0.254. The molecule has 5 heteroatoms. The van der Waals surface area contributed by atoms with E-state index in [1.54, 1.807) is 18.0 Å². The van der Waals surface area contributed by atoms with Crippen LogP contribution < -0.4 is 5.32 Å². The Labute approximate surface area is 138 Å². The quantitative estimate of drug-likeness (QED) is 0.855. The van der Waals surface area contributed by atoms with Crippen LogP contribution in [0, 0.1) is 5.82 Å². The Bertz CT molecular complexity index is 631. The average Bonchev–Trinajstić information content (AvgIpc) is 2.49. The zero-order chi connectivity index (χ0) is 15.9. The van der Waals surface area contributed by atoms with Crippen molar-refractivity contribution in [3.05, 3.63) is 69.9 Å². The van der Waals surface area contributed by atoms with Gasteiger partial charge in [-0.1, -0.05) is 40.2 Å². The molecular weight excluding hydrogens is 347 g/mol. The van der Waals surface area contributed by atoms with Crippen molar-refractivity contribution in [1.29, 1.82) is 0 Å². The fourth-order valence-corrected chi connectivity index (χ4v) is 2.34. The van der Waals surface area contributed by atoms with E-state index in [2.05, 4.69) is 21.2 Å². The van der Waals surface area contributed by atoms with E-state index in [9.17, 15) is 9.18 Å². The number of carbonyl (C=O) groups is 1. The minimum Gasteiger partial charge on any atom is -0.338 e. The van der Waals surface area contributed by atoms with Crippen molar-refractivity contribution in [2.24, 2.45) is 0 Å². The van der Waals surface area contributed by atoms with Crippen LogP contribution in [0.1, 0.15) is 11.1 Å². The highest BCUT2D eigenvalue weighted by molar-refractivity contribution is 9.10. The molecule has 0 spiro atoms. The number of benzene rings is 2. The van der Waals surface area contributed by atoms with Crippen LogP contribution in [0.2, 0.25) is 0 Å². The van der Waals surface area contributed by atoms with E-state index in [1.807, 2.05) is 30.3 Å². The number of hydrogen-bond acceptors (Lipinski definition) is 1. The predicted molar refractivity (Wildman–Crippen MR) is 89.1 cm³/mol. The van der Waals surface area contributed by atoms with Crippen molar-refractivity contribution in [2.75, 3.05) is 13.6 Å². The van der Waals surface area contributed by atoms with Crippen molar-refractivity contribution in [1.82, 2.24) is 10.2 Å². The number of halogens is 2. The molecule has 0 aliphatic rings. The number of carbonyl (C=O) groups excluding carboxylic acids is 1. The van der Waals surface area contributed by atoms with Gasteiger partial charge in [-0.15, -0.1) is 0 Å². The molecule has 116 valence electrons. The summed E-state index contributed by atoms with van der Waals surface area (Å²) in [7, 11) is 1.75.